The maximum absolute atomic E-state index is 12.9. The third-order valence-electron chi connectivity index (χ3n) is 3.87. The van der Waals surface area contributed by atoms with Crippen LogP contribution in [0.3, 0.4) is 0 Å². The molecule has 1 amide bonds. The Bertz CT molecular complexity index is 934. The summed E-state index contributed by atoms with van der Waals surface area (Å²) in [4.78, 5) is 18.6. The third kappa shape index (κ3) is 4.49. The lowest BCUT2D eigenvalue weighted by molar-refractivity contribution is -0.137. The highest BCUT2D eigenvalue weighted by molar-refractivity contribution is 8.13. The predicted molar refractivity (Wildman–Crippen MR) is 97.8 cm³/mol. The predicted octanol–water partition coefficient (Wildman–Crippen LogP) is 4.84. The van der Waals surface area contributed by atoms with Crippen molar-refractivity contribution in [2.24, 2.45) is 4.99 Å². The van der Waals surface area contributed by atoms with Gasteiger partial charge in [-0.15, -0.1) is 0 Å². The standard InChI is InChI=1S/C19H14F3N3OS/c20-19(21,22)15-6-2-7-16(11-15)24-18-25(8-3-9-27-18)17(26)14-5-1-4-13(10-14)12-23/h1-2,4-7,10-11H,3,8-9H2. The smallest absolute Gasteiger partial charge is 0.287 e. The molecule has 3 rings (SSSR count). The Labute approximate surface area is 158 Å². The van der Waals surface area contributed by atoms with Crippen LogP contribution in [-0.2, 0) is 6.18 Å². The first-order valence-corrected chi connectivity index (χ1v) is 9.08. The van der Waals surface area contributed by atoms with Gasteiger partial charge in [-0.1, -0.05) is 23.9 Å². The Morgan fingerprint density at radius 2 is 1.96 bits per heavy atom. The van der Waals surface area contributed by atoms with Gasteiger partial charge in [-0.05, 0) is 42.8 Å². The number of amides is 1. The van der Waals surface area contributed by atoms with Crippen LogP contribution in [0.15, 0.2) is 53.5 Å². The maximum Gasteiger partial charge on any atom is 0.416 e. The molecule has 1 fully saturated rings. The number of hydrogen-bond donors (Lipinski definition) is 0. The molecule has 2 aromatic rings. The molecule has 0 spiro atoms. The second kappa shape index (κ2) is 7.84. The van der Waals surface area contributed by atoms with Gasteiger partial charge in [0.25, 0.3) is 5.91 Å². The van der Waals surface area contributed by atoms with Gasteiger partial charge in [0.05, 0.1) is 22.9 Å². The Morgan fingerprint density at radius 3 is 2.70 bits per heavy atom. The highest BCUT2D eigenvalue weighted by Crippen LogP contribution is 2.32. The van der Waals surface area contributed by atoms with E-state index in [1.54, 1.807) is 18.2 Å². The van der Waals surface area contributed by atoms with Gasteiger partial charge >= 0.3 is 6.18 Å². The Morgan fingerprint density at radius 1 is 1.19 bits per heavy atom. The molecule has 0 aromatic heterocycles. The minimum atomic E-state index is -4.46. The number of rotatable bonds is 2. The second-order valence-electron chi connectivity index (χ2n) is 5.79. The number of alkyl halides is 3. The minimum Gasteiger partial charge on any atom is -0.287 e. The molecular weight excluding hydrogens is 375 g/mol. The number of amidine groups is 1. The van der Waals surface area contributed by atoms with Gasteiger partial charge in [0.2, 0.25) is 0 Å². The molecule has 0 saturated carbocycles. The fourth-order valence-electron chi connectivity index (χ4n) is 2.58. The van der Waals surface area contributed by atoms with Crippen LogP contribution < -0.4 is 0 Å². The highest BCUT2D eigenvalue weighted by atomic mass is 32.2. The fraction of sp³-hybridized carbons (Fsp3) is 0.211. The molecule has 0 unspecified atom stereocenters. The summed E-state index contributed by atoms with van der Waals surface area (Å²) in [6.45, 7) is 0.417. The van der Waals surface area contributed by atoms with Gasteiger partial charge in [-0.3, -0.25) is 9.69 Å². The van der Waals surface area contributed by atoms with E-state index in [4.69, 9.17) is 5.26 Å². The quantitative estimate of drug-likeness (QED) is 0.738. The lowest BCUT2D eigenvalue weighted by Crippen LogP contribution is -2.39. The molecule has 0 atom stereocenters. The Hall–Kier alpha value is -2.79. The molecule has 0 aliphatic carbocycles. The monoisotopic (exact) mass is 389 g/mol. The minimum absolute atomic E-state index is 0.137. The van der Waals surface area contributed by atoms with Crippen molar-refractivity contribution in [1.82, 2.24) is 4.90 Å². The van der Waals surface area contributed by atoms with Gasteiger partial charge in [0.1, 0.15) is 0 Å². The van der Waals surface area contributed by atoms with Crippen molar-refractivity contribution in [2.75, 3.05) is 12.3 Å². The van der Waals surface area contributed by atoms with Crippen LogP contribution in [0, 0.1) is 11.3 Å². The zero-order chi connectivity index (χ0) is 19.4. The van der Waals surface area contributed by atoms with Crippen LogP contribution in [0.5, 0.6) is 0 Å². The van der Waals surface area contributed by atoms with E-state index in [1.807, 2.05) is 6.07 Å². The zero-order valence-electron chi connectivity index (χ0n) is 14.0. The molecule has 0 N–H and O–H groups in total. The number of thioether (sulfide) groups is 1. The molecule has 0 bridgehead atoms. The van der Waals surface area contributed by atoms with E-state index >= 15 is 0 Å². The van der Waals surface area contributed by atoms with Crippen molar-refractivity contribution in [3.8, 4) is 6.07 Å². The fourth-order valence-corrected chi connectivity index (χ4v) is 3.54. The summed E-state index contributed by atoms with van der Waals surface area (Å²) >= 11 is 1.32. The summed E-state index contributed by atoms with van der Waals surface area (Å²) in [5.41, 5.74) is 0.0535. The van der Waals surface area contributed by atoms with E-state index < -0.39 is 11.7 Å². The molecule has 0 radical (unpaired) electrons. The Balaban J connectivity index is 1.93. The molecule has 4 nitrogen and oxygen atoms in total. The average Bonchev–Trinajstić information content (AvgIpc) is 2.67. The van der Waals surface area contributed by atoms with Crippen LogP contribution in [0.2, 0.25) is 0 Å². The summed E-state index contributed by atoms with van der Waals surface area (Å²) in [5, 5.41) is 9.35. The van der Waals surface area contributed by atoms with Crippen molar-refractivity contribution in [1.29, 1.82) is 5.26 Å². The van der Waals surface area contributed by atoms with Crippen molar-refractivity contribution < 1.29 is 18.0 Å². The van der Waals surface area contributed by atoms with Crippen LogP contribution >= 0.6 is 11.8 Å². The van der Waals surface area contributed by atoms with Gasteiger partial charge in [-0.2, -0.15) is 18.4 Å². The number of nitriles is 1. The first-order valence-electron chi connectivity index (χ1n) is 8.09. The number of carbonyl (C=O) groups is 1. The van der Waals surface area contributed by atoms with E-state index in [9.17, 15) is 18.0 Å². The number of halogens is 3. The summed E-state index contributed by atoms with van der Waals surface area (Å²) in [6.07, 6.45) is -3.71. The SMILES string of the molecule is N#Cc1cccc(C(=O)N2CCCSC2=Nc2cccc(C(F)(F)F)c2)c1. The average molecular weight is 389 g/mol. The summed E-state index contributed by atoms with van der Waals surface area (Å²) in [6, 6.07) is 13.0. The third-order valence-corrected chi connectivity index (χ3v) is 4.93. The molecule has 1 saturated heterocycles. The lowest BCUT2D eigenvalue weighted by atomic mass is 10.1. The summed E-state index contributed by atoms with van der Waals surface area (Å²) in [5.74, 6) is 0.393. The van der Waals surface area contributed by atoms with Crippen LogP contribution in [0.25, 0.3) is 0 Å². The molecule has 2 aromatic carbocycles. The first kappa shape index (κ1) is 19.0. The van der Waals surface area contributed by atoms with Crippen LogP contribution in [-0.4, -0.2) is 28.3 Å². The van der Waals surface area contributed by atoms with Gasteiger partial charge in [-0.25, -0.2) is 4.99 Å². The topological polar surface area (TPSA) is 56.5 Å². The van der Waals surface area contributed by atoms with E-state index in [0.717, 1.165) is 24.3 Å². The molecule has 138 valence electrons. The number of carbonyl (C=O) groups excluding carboxylic acids is 1. The van der Waals surface area contributed by atoms with Gasteiger partial charge in [0, 0.05) is 17.9 Å². The van der Waals surface area contributed by atoms with E-state index in [0.29, 0.717) is 22.8 Å². The van der Waals surface area contributed by atoms with Crippen LogP contribution in [0.1, 0.15) is 27.9 Å². The van der Waals surface area contributed by atoms with E-state index in [-0.39, 0.29) is 11.6 Å². The summed E-state index contributed by atoms with van der Waals surface area (Å²) < 4.78 is 38.7. The molecule has 27 heavy (non-hydrogen) atoms. The number of hydrogen-bond acceptors (Lipinski definition) is 4. The van der Waals surface area contributed by atoms with E-state index in [1.165, 1.54) is 34.9 Å². The van der Waals surface area contributed by atoms with Crippen molar-refractivity contribution in [3.63, 3.8) is 0 Å². The van der Waals surface area contributed by atoms with Crippen molar-refractivity contribution in [3.05, 3.63) is 65.2 Å². The van der Waals surface area contributed by atoms with Crippen LogP contribution in [0.4, 0.5) is 18.9 Å². The second-order valence-corrected chi connectivity index (χ2v) is 6.86. The van der Waals surface area contributed by atoms with Gasteiger partial charge in [0.15, 0.2) is 5.17 Å². The number of nitrogens with zero attached hydrogens (tertiary/aromatic N) is 3. The summed E-state index contributed by atoms with van der Waals surface area (Å²) in [7, 11) is 0. The van der Waals surface area contributed by atoms with Gasteiger partial charge < -0.3 is 0 Å². The molecule has 8 heteroatoms. The number of benzene rings is 2. The molecule has 1 aliphatic rings. The highest BCUT2D eigenvalue weighted by Gasteiger charge is 2.31. The lowest BCUT2D eigenvalue weighted by Gasteiger charge is -2.28. The van der Waals surface area contributed by atoms with E-state index in [2.05, 4.69) is 4.99 Å². The Kier molecular flexibility index (Phi) is 5.51. The maximum atomic E-state index is 12.9. The van der Waals surface area contributed by atoms with Crippen molar-refractivity contribution in [2.45, 2.75) is 12.6 Å². The molecule has 1 heterocycles. The first-order chi connectivity index (χ1) is 12.9. The molecular formula is C19H14F3N3OS. The molecule has 1 aliphatic heterocycles. The van der Waals surface area contributed by atoms with Crippen molar-refractivity contribution >= 4 is 28.5 Å². The zero-order valence-corrected chi connectivity index (χ0v) is 14.8. The normalized spacial score (nSPS) is 16.2. The largest absolute Gasteiger partial charge is 0.416 e. The number of aliphatic imine (C=N–C) groups is 1.